The van der Waals surface area contributed by atoms with Gasteiger partial charge in [0.1, 0.15) is 0 Å². The van der Waals surface area contributed by atoms with Gasteiger partial charge in [0.15, 0.2) is 0 Å². The summed E-state index contributed by atoms with van der Waals surface area (Å²) in [5, 5.41) is 5.00. The number of hydrogen-bond donors (Lipinski definition) is 0. The number of anilines is 3. The molecule has 2 heterocycles. The Labute approximate surface area is 375 Å². The predicted octanol–water partition coefficient (Wildman–Crippen LogP) is 16.4. The first-order chi connectivity index (χ1) is 31.7. The molecule has 1 spiro atoms. The molecule has 3 heteroatoms. The zero-order valence-electron chi connectivity index (χ0n) is 34.8. The van der Waals surface area contributed by atoms with E-state index in [1.165, 1.54) is 97.7 Å². The lowest BCUT2D eigenvalue weighted by atomic mass is 9.70. The first-order valence-electron chi connectivity index (χ1n) is 22.2. The molecule has 1 aliphatic heterocycles. The quantitative estimate of drug-likeness (QED) is 0.169. The molecule has 3 aliphatic rings. The van der Waals surface area contributed by atoms with E-state index in [0.717, 1.165) is 34.9 Å². The normalized spacial score (nSPS) is 13.8. The third-order valence-corrected chi connectivity index (χ3v) is 15.3. The van der Waals surface area contributed by atoms with E-state index >= 15 is 0 Å². The summed E-state index contributed by atoms with van der Waals surface area (Å²) in [6, 6.07) is 81.1. The SMILES string of the molecule is c1ccc(-c2ccc(N(c3ccc4c(c3)-c3ccccc3C43c4ccccc4-c4ccccc43)c3cccc4sc5c(C6=Nc7ccccc7C6)c6ccccc6cc5c34)cc2)cc1. The van der Waals surface area contributed by atoms with Crippen LogP contribution in [0.25, 0.3) is 64.3 Å². The summed E-state index contributed by atoms with van der Waals surface area (Å²) in [7, 11) is 0. The van der Waals surface area contributed by atoms with Crippen LogP contribution in [0.5, 0.6) is 0 Å². The fourth-order valence-electron chi connectivity index (χ4n) is 11.4. The number of thiophene rings is 1. The van der Waals surface area contributed by atoms with Crippen LogP contribution in [0.4, 0.5) is 22.7 Å². The maximum atomic E-state index is 5.30. The van der Waals surface area contributed by atoms with Gasteiger partial charge in [0.2, 0.25) is 0 Å². The molecule has 10 aromatic carbocycles. The summed E-state index contributed by atoms with van der Waals surface area (Å²) in [4.78, 5) is 7.81. The van der Waals surface area contributed by atoms with E-state index < -0.39 is 5.41 Å². The van der Waals surface area contributed by atoms with Gasteiger partial charge in [0.25, 0.3) is 0 Å². The average molecular weight is 831 g/mol. The van der Waals surface area contributed by atoms with Crippen LogP contribution >= 0.6 is 11.3 Å². The fraction of sp³-hybridized carbons (Fsp3) is 0.0328. The first-order valence-corrected chi connectivity index (χ1v) is 23.0. The smallest absolute Gasteiger partial charge is 0.0725 e. The number of aliphatic imine (C=N–C) groups is 1. The highest BCUT2D eigenvalue weighted by molar-refractivity contribution is 7.26. The summed E-state index contributed by atoms with van der Waals surface area (Å²) in [5.74, 6) is 0. The minimum atomic E-state index is -0.399. The molecule has 0 radical (unpaired) electrons. The molecule has 298 valence electrons. The second-order valence-electron chi connectivity index (χ2n) is 17.3. The number of rotatable bonds is 5. The van der Waals surface area contributed by atoms with E-state index in [9.17, 15) is 0 Å². The highest BCUT2D eigenvalue weighted by Crippen LogP contribution is 2.63. The molecule has 11 aromatic rings. The van der Waals surface area contributed by atoms with Gasteiger partial charge in [-0.15, -0.1) is 11.3 Å². The molecule has 0 saturated carbocycles. The van der Waals surface area contributed by atoms with Crippen molar-refractivity contribution in [2.45, 2.75) is 11.8 Å². The van der Waals surface area contributed by atoms with Crippen molar-refractivity contribution in [1.29, 1.82) is 0 Å². The third kappa shape index (κ3) is 4.93. The largest absolute Gasteiger partial charge is 0.310 e. The average Bonchev–Trinajstić information content (AvgIpc) is 4.11. The lowest BCUT2D eigenvalue weighted by Crippen LogP contribution is -2.25. The molecule has 2 aliphatic carbocycles. The molecule has 0 saturated heterocycles. The van der Waals surface area contributed by atoms with Crippen molar-refractivity contribution >= 4 is 70.7 Å². The number of hydrogen-bond acceptors (Lipinski definition) is 3. The van der Waals surface area contributed by atoms with Crippen molar-refractivity contribution in [3.8, 4) is 33.4 Å². The van der Waals surface area contributed by atoms with Crippen LogP contribution in [0.1, 0.15) is 33.4 Å². The second kappa shape index (κ2) is 13.6. The highest BCUT2D eigenvalue weighted by Gasteiger charge is 2.51. The molecular weight excluding hydrogens is 793 g/mol. The van der Waals surface area contributed by atoms with Crippen LogP contribution in [0.3, 0.4) is 0 Å². The monoisotopic (exact) mass is 830 g/mol. The zero-order chi connectivity index (χ0) is 41.9. The number of nitrogens with zero attached hydrogens (tertiary/aromatic N) is 2. The van der Waals surface area contributed by atoms with Crippen LogP contribution in [-0.4, -0.2) is 5.71 Å². The van der Waals surface area contributed by atoms with Gasteiger partial charge in [-0.2, -0.15) is 0 Å². The van der Waals surface area contributed by atoms with Crippen LogP contribution in [0.15, 0.2) is 223 Å². The summed E-state index contributed by atoms with van der Waals surface area (Å²) in [6.07, 6.45) is 0.827. The Morgan fingerprint density at radius 2 is 1.06 bits per heavy atom. The van der Waals surface area contributed by atoms with Gasteiger partial charge in [-0.3, -0.25) is 4.99 Å². The van der Waals surface area contributed by atoms with Crippen molar-refractivity contribution in [2.24, 2.45) is 4.99 Å². The van der Waals surface area contributed by atoms with Gasteiger partial charge < -0.3 is 4.90 Å². The van der Waals surface area contributed by atoms with Crippen molar-refractivity contribution < 1.29 is 0 Å². The number of benzene rings is 10. The number of para-hydroxylation sites is 1. The van der Waals surface area contributed by atoms with Gasteiger partial charge in [0, 0.05) is 43.5 Å². The molecule has 14 rings (SSSR count). The summed E-state index contributed by atoms with van der Waals surface area (Å²) in [6.45, 7) is 0. The molecular formula is C61H38N2S. The van der Waals surface area contributed by atoms with Crippen LogP contribution in [0.2, 0.25) is 0 Å². The molecule has 0 N–H and O–H groups in total. The van der Waals surface area contributed by atoms with E-state index in [1.807, 2.05) is 11.3 Å². The summed E-state index contributed by atoms with van der Waals surface area (Å²) in [5.41, 5.74) is 20.8. The van der Waals surface area contributed by atoms with E-state index in [0.29, 0.717) is 0 Å². The van der Waals surface area contributed by atoms with Gasteiger partial charge in [-0.05, 0) is 121 Å². The zero-order valence-corrected chi connectivity index (χ0v) is 35.6. The Hall–Kier alpha value is -7.85. The third-order valence-electron chi connectivity index (χ3n) is 14.1. The lowest BCUT2D eigenvalue weighted by molar-refractivity contribution is 0.794. The van der Waals surface area contributed by atoms with E-state index in [-0.39, 0.29) is 0 Å². The van der Waals surface area contributed by atoms with Crippen molar-refractivity contribution in [1.82, 2.24) is 0 Å². The Bertz CT molecular complexity index is 3720. The molecule has 0 unspecified atom stereocenters. The minimum Gasteiger partial charge on any atom is -0.310 e. The maximum absolute atomic E-state index is 5.30. The van der Waals surface area contributed by atoms with Gasteiger partial charge in [0.05, 0.1) is 22.5 Å². The first kappa shape index (κ1) is 35.7. The topological polar surface area (TPSA) is 15.6 Å². The molecule has 1 aromatic heterocycles. The van der Waals surface area contributed by atoms with Gasteiger partial charge in [-0.1, -0.05) is 170 Å². The summed E-state index contributed by atoms with van der Waals surface area (Å²) < 4.78 is 2.55. The van der Waals surface area contributed by atoms with Crippen molar-refractivity contribution in [3.63, 3.8) is 0 Å². The van der Waals surface area contributed by atoms with E-state index in [1.54, 1.807) is 0 Å². The van der Waals surface area contributed by atoms with Gasteiger partial charge >= 0.3 is 0 Å². The molecule has 0 bridgehead atoms. The van der Waals surface area contributed by atoms with Crippen LogP contribution in [-0.2, 0) is 11.8 Å². The standard InChI is InChI=1S/C61H38N2S/c1-2-15-38(16-3-1)39-29-31-42(32-30-39)63(43-33-34-53-48(37-43)47-22-9-12-25-52(47)61(53)50-23-10-7-20-45(50)46-21-8-11-24-51(46)61)56-27-14-28-57-59(56)49-35-40-17-4-6-19-44(40)58(60(49)64-57)55-36-41-18-5-13-26-54(41)62-55/h1-35,37H,36H2. The van der Waals surface area contributed by atoms with Gasteiger partial charge in [-0.25, -0.2) is 0 Å². The Kier molecular flexibility index (Phi) is 7.57. The maximum Gasteiger partial charge on any atom is 0.0725 e. The predicted molar refractivity (Wildman–Crippen MR) is 270 cm³/mol. The van der Waals surface area contributed by atoms with Crippen LogP contribution in [0, 0.1) is 0 Å². The number of fused-ring (bicyclic) bond motifs is 15. The Morgan fingerprint density at radius 1 is 0.453 bits per heavy atom. The molecule has 64 heavy (non-hydrogen) atoms. The van der Waals surface area contributed by atoms with E-state index in [2.05, 4.69) is 223 Å². The van der Waals surface area contributed by atoms with Crippen molar-refractivity contribution in [3.05, 3.63) is 252 Å². The molecule has 0 atom stereocenters. The van der Waals surface area contributed by atoms with E-state index in [4.69, 9.17) is 4.99 Å². The van der Waals surface area contributed by atoms with Crippen molar-refractivity contribution in [2.75, 3.05) is 4.90 Å². The Morgan fingerprint density at radius 3 is 1.81 bits per heavy atom. The molecule has 0 fully saturated rings. The van der Waals surface area contributed by atoms with Crippen LogP contribution < -0.4 is 4.90 Å². The minimum absolute atomic E-state index is 0.399. The molecule has 0 amide bonds. The molecule has 2 nitrogen and oxygen atoms in total. The second-order valence-corrected chi connectivity index (χ2v) is 18.4. The summed E-state index contributed by atoms with van der Waals surface area (Å²) >= 11 is 1.89. The Balaban J connectivity index is 1.02. The lowest BCUT2D eigenvalue weighted by Gasteiger charge is -2.31. The fourth-order valence-corrected chi connectivity index (χ4v) is 12.7. The highest BCUT2D eigenvalue weighted by atomic mass is 32.1.